The smallest absolute Gasteiger partial charge is 0.0304 e. The van der Waals surface area contributed by atoms with E-state index in [1.807, 2.05) is 6.08 Å². The average Bonchev–Trinajstić information content (AvgIpc) is 2.06. The van der Waals surface area contributed by atoms with Crippen LogP contribution in [0.3, 0.4) is 0 Å². The minimum Gasteiger partial charge on any atom is -0.0833 e. The van der Waals surface area contributed by atoms with Crippen LogP contribution in [0, 0.1) is 5.92 Å². The van der Waals surface area contributed by atoms with Gasteiger partial charge in [0.25, 0.3) is 0 Å². The third-order valence-corrected chi connectivity index (χ3v) is 2.03. The van der Waals surface area contributed by atoms with Crippen LogP contribution in [0.4, 0.5) is 0 Å². The van der Waals surface area contributed by atoms with Crippen molar-refractivity contribution in [2.24, 2.45) is 0 Å². The van der Waals surface area contributed by atoms with Gasteiger partial charge in [0.15, 0.2) is 0 Å². The Morgan fingerprint density at radius 2 is 1.67 bits per heavy atom. The van der Waals surface area contributed by atoms with Crippen LogP contribution in [-0.4, -0.2) is 0 Å². The van der Waals surface area contributed by atoms with E-state index in [2.05, 4.69) is 48.6 Å². The van der Waals surface area contributed by atoms with Gasteiger partial charge in [0.05, 0.1) is 0 Å². The Labute approximate surface area is 73.3 Å². The maximum Gasteiger partial charge on any atom is 0.0304 e. The van der Waals surface area contributed by atoms with E-state index in [-0.39, 0.29) is 0 Å². The normalized spacial score (nSPS) is 29.5. The van der Waals surface area contributed by atoms with Gasteiger partial charge in [-0.25, -0.2) is 0 Å². The quantitative estimate of drug-likeness (QED) is 0.504. The Balaban J connectivity index is 2.33. The summed E-state index contributed by atoms with van der Waals surface area (Å²) in [5, 5.41) is 0. The van der Waals surface area contributed by atoms with Crippen molar-refractivity contribution >= 4 is 0 Å². The first-order valence-corrected chi connectivity index (χ1v) is 4.21. The maximum atomic E-state index is 2.18. The van der Waals surface area contributed by atoms with E-state index in [0.717, 1.165) is 6.42 Å². The van der Waals surface area contributed by atoms with Gasteiger partial charge in [-0.2, -0.15) is 0 Å². The first-order valence-electron chi connectivity index (χ1n) is 4.21. The Hall–Kier alpha value is -1.30. The molecule has 0 N–H and O–H groups in total. The summed E-state index contributed by atoms with van der Waals surface area (Å²) in [6.07, 6.45) is 20.1. The van der Waals surface area contributed by atoms with Crippen LogP contribution >= 0.6 is 0 Å². The van der Waals surface area contributed by atoms with E-state index in [9.17, 15) is 0 Å². The third kappa shape index (κ3) is 1.48. The highest BCUT2D eigenvalue weighted by Gasteiger charge is 2.09. The summed E-state index contributed by atoms with van der Waals surface area (Å²) in [7, 11) is 0. The summed E-state index contributed by atoms with van der Waals surface area (Å²) >= 11 is 0. The number of rotatable bonds is 0. The van der Waals surface area contributed by atoms with Crippen LogP contribution in [-0.2, 0) is 0 Å². The van der Waals surface area contributed by atoms with Gasteiger partial charge in [0.1, 0.15) is 0 Å². The van der Waals surface area contributed by atoms with Crippen molar-refractivity contribution in [2.45, 2.75) is 6.42 Å². The average molecular weight is 155 g/mol. The zero-order chi connectivity index (χ0) is 8.23. The highest BCUT2D eigenvalue weighted by molar-refractivity contribution is 5.48. The van der Waals surface area contributed by atoms with E-state index in [1.165, 1.54) is 11.5 Å². The second-order valence-corrected chi connectivity index (χ2v) is 2.88. The summed E-state index contributed by atoms with van der Waals surface area (Å²) in [5.74, 6) is 1.40. The molecule has 2 aliphatic rings. The van der Waals surface area contributed by atoms with Gasteiger partial charge in [-0.1, -0.05) is 54.7 Å². The molecule has 59 valence electrons. The standard InChI is InChI=1S/C12H11/c1-2-4-8-12-10-6-5-9-11(12)7-3-1/h1-9H,10H2/b2-1-,7-3-,8-4-. The molecule has 12 heavy (non-hydrogen) atoms. The monoisotopic (exact) mass is 155 g/mol. The second kappa shape index (κ2) is 3.40. The number of hydrogen-bond acceptors (Lipinski definition) is 0. The van der Waals surface area contributed by atoms with Crippen LogP contribution < -0.4 is 0 Å². The van der Waals surface area contributed by atoms with Crippen molar-refractivity contribution in [3.8, 4) is 0 Å². The van der Waals surface area contributed by atoms with Crippen molar-refractivity contribution in [3.63, 3.8) is 0 Å². The van der Waals surface area contributed by atoms with Crippen LogP contribution in [0.1, 0.15) is 6.42 Å². The highest BCUT2D eigenvalue weighted by atomic mass is 14.1. The highest BCUT2D eigenvalue weighted by Crippen LogP contribution is 2.25. The largest absolute Gasteiger partial charge is 0.0833 e. The molecule has 0 saturated carbocycles. The van der Waals surface area contributed by atoms with Crippen LogP contribution in [0.25, 0.3) is 0 Å². The molecule has 0 aromatic carbocycles. The lowest BCUT2D eigenvalue weighted by atomic mass is 9.90. The molecule has 2 aliphatic carbocycles. The summed E-state index contributed by atoms with van der Waals surface area (Å²) in [4.78, 5) is 0. The van der Waals surface area contributed by atoms with Crippen LogP contribution in [0.2, 0.25) is 0 Å². The van der Waals surface area contributed by atoms with E-state index in [4.69, 9.17) is 0 Å². The fourth-order valence-electron chi connectivity index (χ4n) is 1.38. The van der Waals surface area contributed by atoms with Gasteiger partial charge in [-0.3, -0.25) is 0 Å². The maximum absolute atomic E-state index is 2.18. The van der Waals surface area contributed by atoms with Crippen LogP contribution in [0.15, 0.2) is 60.3 Å². The van der Waals surface area contributed by atoms with Crippen molar-refractivity contribution < 1.29 is 0 Å². The molecule has 0 spiro atoms. The number of allylic oxidation sites excluding steroid dienone is 10. The first kappa shape index (κ1) is 7.35. The molecule has 0 nitrogen and oxygen atoms in total. The summed E-state index contributed by atoms with van der Waals surface area (Å²) in [6, 6.07) is 0. The molecule has 0 fully saturated rings. The molecular formula is C12H11. The van der Waals surface area contributed by atoms with Gasteiger partial charge in [0.2, 0.25) is 0 Å². The molecule has 2 rings (SSSR count). The van der Waals surface area contributed by atoms with E-state index in [1.54, 1.807) is 0 Å². The third-order valence-electron chi connectivity index (χ3n) is 2.03. The molecule has 0 heterocycles. The molecule has 0 aromatic rings. The van der Waals surface area contributed by atoms with Gasteiger partial charge in [-0.05, 0) is 12.0 Å². The molecule has 0 aromatic heterocycles. The van der Waals surface area contributed by atoms with Crippen molar-refractivity contribution in [2.75, 3.05) is 0 Å². The van der Waals surface area contributed by atoms with Gasteiger partial charge < -0.3 is 0 Å². The van der Waals surface area contributed by atoms with Crippen molar-refractivity contribution in [1.29, 1.82) is 0 Å². The van der Waals surface area contributed by atoms with Crippen LogP contribution in [0.5, 0.6) is 0 Å². The predicted molar refractivity (Wildman–Crippen MR) is 52.5 cm³/mol. The minimum absolute atomic E-state index is 1.06. The topological polar surface area (TPSA) is 0 Å². The fraction of sp³-hybridized carbons (Fsp3) is 0.0833. The van der Waals surface area contributed by atoms with Gasteiger partial charge in [0, 0.05) is 5.92 Å². The Morgan fingerprint density at radius 1 is 0.833 bits per heavy atom. The van der Waals surface area contributed by atoms with E-state index >= 15 is 0 Å². The molecule has 1 radical (unpaired) electrons. The lowest BCUT2D eigenvalue weighted by Gasteiger charge is -2.14. The Kier molecular flexibility index (Phi) is 2.08. The van der Waals surface area contributed by atoms with Gasteiger partial charge in [-0.15, -0.1) is 0 Å². The number of fused-ring (bicyclic) bond motifs is 1. The van der Waals surface area contributed by atoms with E-state index < -0.39 is 0 Å². The zero-order valence-corrected chi connectivity index (χ0v) is 6.90. The predicted octanol–water partition coefficient (Wildman–Crippen LogP) is 3.13. The van der Waals surface area contributed by atoms with Crippen molar-refractivity contribution in [1.82, 2.24) is 0 Å². The minimum atomic E-state index is 1.06. The molecule has 0 saturated heterocycles. The molecular weight excluding hydrogens is 144 g/mol. The molecule has 0 heteroatoms. The number of hydrogen-bond donors (Lipinski definition) is 0. The second-order valence-electron chi connectivity index (χ2n) is 2.88. The molecule has 0 bridgehead atoms. The fourth-order valence-corrected chi connectivity index (χ4v) is 1.38. The SMILES string of the molecule is C1=CC[C]2\C=C/C=C\C=C/C2=C1. The molecule has 0 atom stereocenters. The first-order chi connectivity index (χ1) is 5.97. The van der Waals surface area contributed by atoms with Crippen molar-refractivity contribution in [3.05, 3.63) is 66.2 Å². The summed E-state index contributed by atoms with van der Waals surface area (Å²) < 4.78 is 0. The molecule has 0 unspecified atom stereocenters. The molecule has 0 aliphatic heterocycles. The Morgan fingerprint density at radius 3 is 2.58 bits per heavy atom. The van der Waals surface area contributed by atoms with Gasteiger partial charge >= 0.3 is 0 Å². The van der Waals surface area contributed by atoms with E-state index in [0.29, 0.717) is 0 Å². The lowest BCUT2D eigenvalue weighted by Crippen LogP contribution is -1.98. The zero-order valence-electron chi connectivity index (χ0n) is 6.90. The summed E-state index contributed by atoms with van der Waals surface area (Å²) in [6.45, 7) is 0. The summed E-state index contributed by atoms with van der Waals surface area (Å²) in [5.41, 5.74) is 1.33. The Bertz CT molecular complexity index is 298. The lowest BCUT2D eigenvalue weighted by molar-refractivity contribution is 1.09. The molecule has 0 amide bonds.